The van der Waals surface area contributed by atoms with Crippen molar-refractivity contribution in [1.82, 2.24) is 10.2 Å². The van der Waals surface area contributed by atoms with Gasteiger partial charge in [-0.25, -0.2) is 0 Å². The van der Waals surface area contributed by atoms with Crippen LogP contribution in [-0.2, 0) is 15.7 Å². The summed E-state index contributed by atoms with van der Waals surface area (Å²) in [5.41, 5.74) is 2.26. The summed E-state index contributed by atoms with van der Waals surface area (Å²) >= 11 is 0. The molecule has 2 heterocycles. The molecule has 1 unspecified atom stereocenters. The Bertz CT molecular complexity index is 1200. The number of halogens is 3. The van der Waals surface area contributed by atoms with E-state index in [2.05, 4.69) is 15.3 Å². The van der Waals surface area contributed by atoms with Crippen molar-refractivity contribution < 1.29 is 27.5 Å². The molecule has 4 rings (SSSR count). The SMILES string of the molecule is COCCNC(=O)C1=NC(CC2CCN(C(=O)c3ccc(-c4ccc(C(F)(F)F)cc4)cc3)CC2)N=C1C. The van der Waals surface area contributed by atoms with Crippen molar-refractivity contribution in [2.45, 2.75) is 38.5 Å². The summed E-state index contributed by atoms with van der Waals surface area (Å²) in [6, 6.07) is 11.9. The average molecular weight is 529 g/mol. The van der Waals surface area contributed by atoms with Crippen LogP contribution in [0.2, 0.25) is 0 Å². The largest absolute Gasteiger partial charge is 0.416 e. The number of methoxy groups -OCH3 is 1. The molecule has 0 bridgehead atoms. The standard InChI is InChI=1S/C28H31F3N4O3/c1-18-25(26(36)32-13-16-38-2)34-24(33-18)17-19-11-14-35(15-12-19)27(37)22-5-3-20(4-6-22)21-7-9-23(10-8-21)28(29,30)31/h3-10,19,24H,11-17H2,1-2H3,(H,32,36). The maximum Gasteiger partial charge on any atom is 0.416 e. The lowest BCUT2D eigenvalue weighted by Gasteiger charge is -2.32. The zero-order chi connectivity index (χ0) is 27.3. The van der Waals surface area contributed by atoms with E-state index >= 15 is 0 Å². The molecule has 1 fully saturated rings. The van der Waals surface area contributed by atoms with E-state index < -0.39 is 11.7 Å². The van der Waals surface area contributed by atoms with Gasteiger partial charge in [0.25, 0.3) is 11.8 Å². The number of nitrogens with one attached hydrogen (secondary N) is 1. The number of nitrogens with zero attached hydrogens (tertiary/aromatic N) is 3. The molecule has 2 aliphatic rings. The average Bonchev–Trinajstić information content (AvgIpc) is 3.28. The molecule has 0 saturated carbocycles. The van der Waals surface area contributed by atoms with Gasteiger partial charge in [-0.1, -0.05) is 24.3 Å². The Morgan fingerprint density at radius 1 is 1.00 bits per heavy atom. The summed E-state index contributed by atoms with van der Waals surface area (Å²) in [6.45, 7) is 3.87. The van der Waals surface area contributed by atoms with Crippen molar-refractivity contribution in [2.24, 2.45) is 15.9 Å². The highest BCUT2D eigenvalue weighted by Gasteiger charge is 2.30. The summed E-state index contributed by atoms with van der Waals surface area (Å²) in [7, 11) is 1.57. The fraction of sp³-hybridized carbons (Fsp3) is 0.429. The smallest absolute Gasteiger partial charge is 0.383 e. The van der Waals surface area contributed by atoms with Crippen molar-refractivity contribution in [3.63, 3.8) is 0 Å². The van der Waals surface area contributed by atoms with Gasteiger partial charge in [0.2, 0.25) is 0 Å². The minimum atomic E-state index is -4.37. The molecule has 0 aliphatic carbocycles. The third-order valence-corrected chi connectivity index (χ3v) is 6.89. The van der Waals surface area contributed by atoms with Gasteiger partial charge in [-0.3, -0.25) is 19.6 Å². The van der Waals surface area contributed by atoms with Crippen LogP contribution in [-0.4, -0.2) is 67.7 Å². The zero-order valence-corrected chi connectivity index (χ0v) is 21.4. The molecule has 1 saturated heterocycles. The van der Waals surface area contributed by atoms with Crippen molar-refractivity contribution in [1.29, 1.82) is 0 Å². The topological polar surface area (TPSA) is 83.4 Å². The van der Waals surface area contributed by atoms with Gasteiger partial charge in [0, 0.05) is 32.3 Å². The first-order valence-electron chi connectivity index (χ1n) is 12.6. The Kier molecular flexibility index (Phi) is 8.61. The van der Waals surface area contributed by atoms with E-state index in [1.165, 1.54) is 12.1 Å². The van der Waals surface area contributed by atoms with Crippen LogP contribution in [0.3, 0.4) is 0 Å². The van der Waals surface area contributed by atoms with E-state index in [4.69, 9.17) is 4.74 Å². The molecule has 0 spiro atoms. The number of hydrogen-bond acceptors (Lipinski definition) is 5. The number of piperidine rings is 1. The molecule has 0 aromatic heterocycles. The number of carbonyl (C=O) groups is 2. The van der Waals surface area contributed by atoms with Crippen LogP contribution in [0.4, 0.5) is 13.2 Å². The fourth-order valence-electron chi connectivity index (χ4n) is 4.74. The summed E-state index contributed by atoms with van der Waals surface area (Å²) < 4.78 is 43.4. The normalized spacial score (nSPS) is 18.2. The number of rotatable bonds is 8. The highest BCUT2D eigenvalue weighted by Crippen LogP contribution is 2.31. The van der Waals surface area contributed by atoms with E-state index in [0.29, 0.717) is 54.7 Å². The van der Waals surface area contributed by atoms with Crippen molar-refractivity contribution in [3.05, 3.63) is 59.7 Å². The molecule has 2 aromatic carbocycles. The molecule has 2 amide bonds. The molecular weight excluding hydrogens is 497 g/mol. The number of benzene rings is 2. The molecule has 2 aromatic rings. The minimum Gasteiger partial charge on any atom is -0.383 e. The number of hydrogen-bond donors (Lipinski definition) is 1. The summed E-state index contributed by atoms with van der Waals surface area (Å²) in [6.07, 6.45) is -2.27. The Labute approximate surface area is 219 Å². The van der Waals surface area contributed by atoms with Crippen LogP contribution >= 0.6 is 0 Å². The lowest BCUT2D eigenvalue weighted by molar-refractivity contribution is -0.137. The second-order valence-corrected chi connectivity index (χ2v) is 9.55. The summed E-state index contributed by atoms with van der Waals surface area (Å²) in [4.78, 5) is 36.2. The van der Waals surface area contributed by atoms with Crippen LogP contribution < -0.4 is 5.32 Å². The number of alkyl halides is 3. The Morgan fingerprint density at radius 3 is 2.18 bits per heavy atom. The Balaban J connectivity index is 1.28. The Morgan fingerprint density at radius 2 is 1.61 bits per heavy atom. The van der Waals surface area contributed by atoms with Crippen LogP contribution in [0.1, 0.15) is 42.1 Å². The zero-order valence-electron chi connectivity index (χ0n) is 21.4. The van der Waals surface area contributed by atoms with Crippen LogP contribution in [0.5, 0.6) is 0 Å². The fourth-order valence-corrected chi connectivity index (χ4v) is 4.74. The van der Waals surface area contributed by atoms with Crippen molar-refractivity contribution in [3.8, 4) is 11.1 Å². The van der Waals surface area contributed by atoms with Gasteiger partial charge in [-0.15, -0.1) is 0 Å². The van der Waals surface area contributed by atoms with Crippen LogP contribution in [0.25, 0.3) is 11.1 Å². The van der Waals surface area contributed by atoms with Gasteiger partial charge < -0.3 is 15.0 Å². The first kappa shape index (κ1) is 27.5. The monoisotopic (exact) mass is 528 g/mol. The summed E-state index contributed by atoms with van der Waals surface area (Å²) in [5, 5.41) is 2.77. The first-order valence-corrected chi connectivity index (χ1v) is 12.6. The second-order valence-electron chi connectivity index (χ2n) is 9.55. The van der Waals surface area contributed by atoms with Gasteiger partial charge in [0.1, 0.15) is 11.9 Å². The minimum absolute atomic E-state index is 0.0646. The molecule has 7 nitrogen and oxygen atoms in total. The number of amides is 2. The van der Waals surface area contributed by atoms with Gasteiger partial charge in [-0.2, -0.15) is 13.2 Å². The molecule has 1 atom stereocenters. The molecule has 10 heteroatoms. The molecule has 2 aliphatic heterocycles. The third-order valence-electron chi connectivity index (χ3n) is 6.89. The maximum atomic E-state index is 13.0. The van der Waals surface area contributed by atoms with E-state index in [1.807, 2.05) is 4.90 Å². The van der Waals surface area contributed by atoms with Crippen molar-refractivity contribution in [2.75, 3.05) is 33.4 Å². The number of carbonyl (C=O) groups excluding carboxylic acids is 2. The highest BCUT2D eigenvalue weighted by molar-refractivity contribution is 6.67. The van der Waals surface area contributed by atoms with Gasteiger partial charge in [-0.05, 0) is 67.5 Å². The molecule has 202 valence electrons. The first-order chi connectivity index (χ1) is 18.2. The number of ether oxygens (including phenoxy) is 1. The lowest BCUT2D eigenvalue weighted by Crippen LogP contribution is -2.39. The van der Waals surface area contributed by atoms with E-state index in [0.717, 1.165) is 37.0 Å². The van der Waals surface area contributed by atoms with Crippen LogP contribution in [0, 0.1) is 5.92 Å². The number of aliphatic imine (C=N–C) groups is 2. The predicted octanol–water partition coefficient (Wildman–Crippen LogP) is 4.62. The maximum absolute atomic E-state index is 13.0. The quantitative estimate of drug-likeness (QED) is 0.508. The van der Waals surface area contributed by atoms with Crippen LogP contribution in [0.15, 0.2) is 58.5 Å². The summed E-state index contributed by atoms with van der Waals surface area (Å²) in [5.74, 6) is 0.0445. The van der Waals surface area contributed by atoms with Gasteiger partial charge >= 0.3 is 6.18 Å². The predicted molar refractivity (Wildman–Crippen MR) is 139 cm³/mol. The molecule has 38 heavy (non-hydrogen) atoms. The molecule has 1 N–H and O–H groups in total. The van der Waals surface area contributed by atoms with Gasteiger partial charge in [0.15, 0.2) is 0 Å². The number of likely N-dealkylation sites (tertiary alicyclic amines) is 1. The lowest BCUT2D eigenvalue weighted by atomic mass is 9.92. The highest BCUT2D eigenvalue weighted by atomic mass is 19.4. The molecular formula is C28H31F3N4O3. The Hall–Kier alpha value is -3.53. The third kappa shape index (κ3) is 6.66. The van der Waals surface area contributed by atoms with Gasteiger partial charge in [0.05, 0.1) is 17.9 Å². The van der Waals surface area contributed by atoms with E-state index in [1.54, 1.807) is 38.3 Å². The van der Waals surface area contributed by atoms with E-state index in [-0.39, 0.29) is 18.0 Å². The van der Waals surface area contributed by atoms with Crippen molar-refractivity contribution >= 4 is 23.2 Å². The second kappa shape index (κ2) is 11.9. The van der Waals surface area contributed by atoms with E-state index in [9.17, 15) is 22.8 Å². The molecule has 0 radical (unpaired) electrons.